The number of fused-ring (bicyclic) bond motifs is 11. The van der Waals surface area contributed by atoms with E-state index in [0.29, 0.717) is 0 Å². The van der Waals surface area contributed by atoms with Crippen molar-refractivity contribution in [3.8, 4) is 22.3 Å². The fraction of sp³-hybridized carbons (Fsp3) is 0.315. The highest BCUT2D eigenvalue weighted by atomic mass is 16.2. The van der Waals surface area contributed by atoms with Crippen LogP contribution in [0.5, 0.6) is 0 Å². The third kappa shape index (κ3) is 5.85. The molecule has 6 aromatic rings. The fourth-order valence-corrected chi connectivity index (χ4v) is 10.8. The summed E-state index contributed by atoms with van der Waals surface area (Å²) in [4.78, 5) is 35.8. The van der Waals surface area contributed by atoms with Gasteiger partial charge in [-0.2, -0.15) is 0 Å². The van der Waals surface area contributed by atoms with Gasteiger partial charge in [0, 0.05) is 28.9 Å². The number of H-pyrrole nitrogens is 2. The van der Waals surface area contributed by atoms with Gasteiger partial charge >= 0.3 is 0 Å². The zero-order chi connectivity index (χ0) is 42.0. The number of aromatic amines is 2. The highest BCUT2D eigenvalue weighted by Gasteiger charge is 2.32. The zero-order valence-electron chi connectivity index (χ0n) is 36.8. The molecule has 6 nitrogen and oxygen atoms in total. The van der Waals surface area contributed by atoms with E-state index >= 15 is 0 Å². The third-order valence-electron chi connectivity index (χ3n) is 13.4. The van der Waals surface area contributed by atoms with E-state index in [4.69, 9.17) is 9.97 Å². The van der Waals surface area contributed by atoms with Crippen LogP contribution < -0.4 is 4.90 Å². The van der Waals surface area contributed by atoms with Crippen molar-refractivity contribution in [3.63, 3.8) is 0 Å². The van der Waals surface area contributed by atoms with Gasteiger partial charge in [0.25, 0.3) is 0 Å². The van der Waals surface area contributed by atoms with Crippen molar-refractivity contribution in [1.29, 1.82) is 0 Å². The van der Waals surface area contributed by atoms with E-state index in [2.05, 4.69) is 138 Å². The maximum Gasteiger partial charge on any atom is 0.228 e. The summed E-state index contributed by atoms with van der Waals surface area (Å²) in [7, 11) is 0. The van der Waals surface area contributed by atoms with Crippen LogP contribution in [0.3, 0.4) is 0 Å². The molecule has 0 radical (unpaired) electrons. The van der Waals surface area contributed by atoms with Crippen LogP contribution in [0.2, 0.25) is 0 Å². The number of carbonyl (C=O) groups excluding carboxylic acids is 1. The molecule has 5 heterocycles. The van der Waals surface area contributed by atoms with Crippen molar-refractivity contribution in [3.05, 3.63) is 118 Å². The molecule has 60 heavy (non-hydrogen) atoms. The molecule has 1 amide bonds. The Hall–Kier alpha value is -6.01. The molecule has 1 aliphatic carbocycles. The average Bonchev–Trinajstić information content (AvgIpc) is 4.06. The molecule has 304 valence electrons. The second-order valence-electron chi connectivity index (χ2n) is 16.3. The summed E-state index contributed by atoms with van der Waals surface area (Å²) >= 11 is 0. The normalized spacial score (nSPS) is 13.2. The lowest BCUT2D eigenvalue weighted by atomic mass is 9.96. The topological polar surface area (TPSA) is 77.7 Å². The number of amides is 1. The highest BCUT2D eigenvalue weighted by molar-refractivity contribution is 6.22. The molecule has 9 rings (SSSR count). The summed E-state index contributed by atoms with van der Waals surface area (Å²) in [6, 6.07) is 26.4. The Labute approximate surface area is 354 Å². The van der Waals surface area contributed by atoms with Crippen molar-refractivity contribution in [2.75, 3.05) is 4.90 Å². The van der Waals surface area contributed by atoms with Crippen LogP contribution >= 0.6 is 0 Å². The molecule has 3 aromatic heterocycles. The van der Waals surface area contributed by atoms with Crippen LogP contribution in [-0.4, -0.2) is 25.8 Å². The Kier molecular flexibility index (Phi) is 10.2. The summed E-state index contributed by atoms with van der Waals surface area (Å²) in [5.41, 5.74) is 24.8. The van der Waals surface area contributed by atoms with Crippen molar-refractivity contribution in [2.45, 2.75) is 114 Å². The predicted octanol–water partition coefficient (Wildman–Crippen LogP) is 14.5. The Bertz CT molecular complexity index is 2980. The van der Waals surface area contributed by atoms with Gasteiger partial charge in [-0.05, 0) is 148 Å². The van der Waals surface area contributed by atoms with Crippen LogP contribution in [-0.2, 0) is 30.5 Å². The van der Waals surface area contributed by atoms with E-state index in [1.54, 1.807) is 6.92 Å². The van der Waals surface area contributed by atoms with Gasteiger partial charge in [-0.3, -0.25) is 9.69 Å². The largest absolute Gasteiger partial charge is 0.355 e. The molecule has 2 N–H and O–H groups in total. The van der Waals surface area contributed by atoms with E-state index in [9.17, 15) is 4.79 Å². The quantitative estimate of drug-likeness (QED) is 0.145. The molecule has 6 heteroatoms. The molecule has 3 aromatic carbocycles. The van der Waals surface area contributed by atoms with Gasteiger partial charge < -0.3 is 9.97 Å². The Morgan fingerprint density at radius 3 is 1.53 bits per heavy atom. The fourth-order valence-electron chi connectivity index (χ4n) is 10.8. The molecule has 0 saturated heterocycles. The Morgan fingerprint density at radius 2 is 1.00 bits per heavy atom. The number of aromatic nitrogens is 4. The van der Waals surface area contributed by atoms with E-state index < -0.39 is 0 Å². The first-order valence-electron chi connectivity index (χ1n) is 22.5. The number of nitrogens with zero attached hydrogens (tertiary/aromatic N) is 3. The zero-order valence-corrected chi connectivity index (χ0v) is 36.8. The summed E-state index contributed by atoms with van der Waals surface area (Å²) in [5, 5.41) is 2.24. The average molecular weight is 792 g/mol. The molecule has 8 bridgehead atoms. The molecule has 0 saturated carbocycles. The first-order valence-corrected chi connectivity index (χ1v) is 22.5. The summed E-state index contributed by atoms with van der Waals surface area (Å²) < 4.78 is 0. The van der Waals surface area contributed by atoms with Crippen molar-refractivity contribution < 1.29 is 4.79 Å². The second kappa shape index (κ2) is 15.5. The molecular weight excluding hydrogens is 735 g/mol. The summed E-state index contributed by atoms with van der Waals surface area (Å²) in [6.07, 6.45) is 6.83. The first kappa shape index (κ1) is 39.5. The monoisotopic (exact) mass is 791 g/mol. The molecule has 2 aliphatic heterocycles. The van der Waals surface area contributed by atoms with Crippen molar-refractivity contribution in [2.24, 2.45) is 0 Å². The van der Waals surface area contributed by atoms with E-state index in [1.807, 2.05) is 4.90 Å². The standard InChI is InChI=1S/C54H57N5O/c1-10-31-33(12-3)46-28-48-35(14-5)37(16-7)52(57-48)54(59(30(9)60)50-26-25-42-40-22-19-18-21-39(40)41-23-20-24-43(50)51(41)42)53-38(17-8)36(15-6)49(58-53)29-47-34(13-4)32(11-2)45(56-47)27-44(31)55-46/h18-29,55,58H,10-17H2,1-9H3. The van der Waals surface area contributed by atoms with Crippen LogP contribution in [0, 0.1) is 0 Å². The third-order valence-corrected chi connectivity index (χ3v) is 13.4. The number of allylic oxidation sites excluding steroid dienone is 4. The van der Waals surface area contributed by atoms with Gasteiger partial charge in [-0.25, -0.2) is 9.97 Å². The van der Waals surface area contributed by atoms with Gasteiger partial charge in [-0.15, -0.1) is 0 Å². The molecule has 0 fully saturated rings. The summed E-state index contributed by atoms with van der Waals surface area (Å²) in [5.74, 6) is -0.0573. The number of carbonyl (C=O) groups is 1. The minimum atomic E-state index is -0.0573. The van der Waals surface area contributed by atoms with Gasteiger partial charge in [0.05, 0.1) is 39.7 Å². The lowest BCUT2D eigenvalue weighted by Crippen LogP contribution is -2.24. The van der Waals surface area contributed by atoms with Crippen LogP contribution in [0.4, 0.5) is 11.4 Å². The van der Waals surface area contributed by atoms with E-state index in [-0.39, 0.29) is 5.91 Å². The SMILES string of the molecule is CCC1=C(CC)c2cc3[nH]c(c(CC)c3CC)c(N(C(C)=O)c3ccc4c5c(cccc35)-c3ccccc3-4)c3nc(cc4[nH]c(cc1n2)c(CC)c4CC)C(CC)=C3CC. The molecule has 0 unspecified atom stereocenters. The minimum Gasteiger partial charge on any atom is -0.355 e. The van der Waals surface area contributed by atoms with Gasteiger partial charge in [0.2, 0.25) is 5.91 Å². The molecular formula is C54H57N5O. The first-order chi connectivity index (χ1) is 29.2. The number of rotatable bonds is 10. The van der Waals surface area contributed by atoms with Crippen LogP contribution in [0.15, 0.2) is 72.8 Å². The summed E-state index contributed by atoms with van der Waals surface area (Å²) in [6.45, 7) is 19.7. The number of nitrogens with one attached hydrogen (secondary N) is 2. The van der Waals surface area contributed by atoms with E-state index in [1.165, 1.54) is 72.2 Å². The van der Waals surface area contributed by atoms with Crippen molar-refractivity contribution >= 4 is 72.4 Å². The number of aryl methyl sites for hydroxylation is 4. The minimum absolute atomic E-state index is 0.0573. The lowest BCUT2D eigenvalue weighted by Gasteiger charge is -2.26. The van der Waals surface area contributed by atoms with Gasteiger partial charge in [-0.1, -0.05) is 104 Å². The Balaban J connectivity index is 1.50. The maximum absolute atomic E-state index is 14.8. The van der Waals surface area contributed by atoms with Gasteiger partial charge in [0.15, 0.2) is 0 Å². The number of benzene rings is 3. The Morgan fingerprint density at radius 1 is 0.517 bits per heavy atom. The smallest absolute Gasteiger partial charge is 0.228 e. The predicted molar refractivity (Wildman–Crippen MR) is 255 cm³/mol. The van der Waals surface area contributed by atoms with E-state index in [0.717, 1.165) is 113 Å². The number of hydrogen-bond acceptors (Lipinski definition) is 3. The molecule has 0 spiro atoms. The maximum atomic E-state index is 14.8. The number of hydrogen-bond donors (Lipinski definition) is 2. The molecule has 3 aliphatic rings. The molecule has 0 atom stereocenters. The number of anilines is 2. The second-order valence-corrected chi connectivity index (χ2v) is 16.3. The van der Waals surface area contributed by atoms with Crippen molar-refractivity contribution in [1.82, 2.24) is 19.9 Å². The van der Waals surface area contributed by atoms with Crippen LogP contribution in [0.25, 0.3) is 77.4 Å². The lowest BCUT2D eigenvalue weighted by molar-refractivity contribution is -0.115. The highest BCUT2D eigenvalue weighted by Crippen LogP contribution is 2.52. The van der Waals surface area contributed by atoms with Gasteiger partial charge in [0.1, 0.15) is 0 Å². The van der Waals surface area contributed by atoms with Crippen LogP contribution in [0.1, 0.15) is 133 Å².